The molecule has 0 saturated heterocycles. The molecule has 2 nitrogen and oxygen atoms in total. The summed E-state index contributed by atoms with van der Waals surface area (Å²) in [5, 5.41) is 10.3. The Kier molecular flexibility index (Phi) is 3.67. The Hall–Kier alpha value is -1.19. The molecule has 0 aromatic carbocycles. The summed E-state index contributed by atoms with van der Waals surface area (Å²) in [5.74, 6) is 0. The van der Waals surface area contributed by atoms with Gasteiger partial charge in [-0.2, -0.15) is 0 Å². The monoisotopic (exact) mass is 273 g/mol. The van der Waals surface area contributed by atoms with Gasteiger partial charge in [-0.1, -0.05) is 13.0 Å². The van der Waals surface area contributed by atoms with Crippen molar-refractivity contribution in [1.82, 2.24) is 4.98 Å². The number of hydrogen-bond donors (Lipinski definition) is 1. The number of nitrogens with zero attached hydrogens (tertiary/aromatic N) is 1. The molecule has 19 heavy (non-hydrogen) atoms. The zero-order valence-corrected chi connectivity index (χ0v) is 12.0. The lowest BCUT2D eigenvalue weighted by atomic mass is 10.1. The minimum absolute atomic E-state index is 0.407. The first kappa shape index (κ1) is 12.8. The highest BCUT2D eigenvalue weighted by Gasteiger charge is 2.19. The van der Waals surface area contributed by atoms with Gasteiger partial charge in [-0.15, -0.1) is 11.3 Å². The van der Waals surface area contributed by atoms with Gasteiger partial charge in [0, 0.05) is 28.1 Å². The number of pyridine rings is 1. The fourth-order valence-corrected chi connectivity index (χ4v) is 3.84. The molecule has 3 heteroatoms. The molecule has 0 spiro atoms. The van der Waals surface area contributed by atoms with E-state index in [1.54, 1.807) is 11.3 Å². The molecule has 1 unspecified atom stereocenters. The van der Waals surface area contributed by atoms with Crippen molar-refractivity contribution in [1.29, 1.82) is 0 Å². The summed E-state index contributed by atoms with van der Waals surface area (Å²) >= 11 is 1.78. The van der Waals surface area contributed by atoms with Gasteiger partial charge in [-0.3, -0.25) is 4.98 Å². The van der Waals surface area contributed by atoms with Crippen LogP contribution in [0.15, 0.2) is 24.4 Å². The fraction of sp³-hybridized carbons (Fsp3) is 0.438. The molecule has 1 atom stereocenters. The molecule has 0 aliphatic heterocycles. The van der Waals surface area contributed by atoms with Gasteiger partial charge in [-0.05, 0) is 48.9 Å². The molecule has 3 rings (SSSR count). The average Bonchev–Trinajstić information content (AvgIpc) is 3.00. The van der Waals surface area contributed by atoms with Crippen molar-refractivity contribution in [3.8, 4) is 0 Å². The van der Waals surface area contributed by atoms with E-state index in [1.807, 2.05) is 12.3 Å². The zero-order valence-electron chi connectivity index (χ0n) is 11.2. The smallest absolute Gasteiger partial charge is 0.0937 e. The average molecular weight is 273 g/mol. The molecular weight excluding hydrogens is 254 g/mol. The number of thiophene rings is 1. The molecule has 2 heterocycles. The first-order valence-electron chi connectivity index (χ1n) is 6.99. The molecule has 0 amide bonds. The number of rotatable bonds is 4. The molecule has 1 aliphatic rings. The fourth-order valence-electron chi connectivity index (χ4n) is 2.60. The molecule has 0 fully saturated rings. The lowest BCUT2D eigenvalue weighted by molar-refractivity contribution is 0.181. The Morgan fingerprint density at radius 2 is 2.26 bits per heavy atom. The van der Waals surface area contributed by atoms with E-state index >= 15 is 0 Å². The second kappa shape index (κ2) is 5.43. The van der Waals surface area contributed by atoms with Crippen LogP contribution in [-0.2, 0) is 25.7 Å². The summed E-state index contributed by atoms with van der Waals surface area (Å²) < 4.78 is 0. The maximum absolute atomic E-state index is 10.3. The number of hydrogen-bond acceptors (Lipinski definition) is 3. The van der Waals surface area contributed by atoms with Crippen LogP contribution in [0.5, 0.6) is 0 Å². The molecule has 0 radical (unpaired) electrons. The van der Waals surface area contributed by atoms with Crippen LogP contribution < -0.4 is 0 Å². The zero-order chi connectivity index (χ0) is 13.2. The quantitative estimate of drug-likeness (QED) is 0.925. The van der Waals surface area contributed by atoms with E-state index in [-0.39, 0.29) is 0 Å². The standard InChI is InChI=1S/C16H19NOS/c1-2-11-6-7-13(17-10-11)9-14(18)16-8-12-4-3-5-15(12)19-16/h6-8,10,14,18H,2-5,9H2,1H3. The van der Waals surface area contributed by atoms with Crippen LogP contribution >= 0.6 is 11.3 Å². The van der Waals surface area contributed by atoms with Crippen LogP contribution in [0.25, 0.3) is 0 Å². The van der Waals surface area contributed by atoms with E-state index in [9.17, 15) is 5.11 Å². The van der Waals surface area contributed by atoms with Gasteiger partial charge in [-0.25, -0.2) is 0 Å². The van der Waals surface area contributed by atoms with Gasteiger partial charge in [0.2, 0.25) is 0 Å². The summed E-state index contributed by atoms with van der Waals surface area (Å²) in [6, 6.07) is 6.32. The Bertz CT molecular complexity index is 537. The molecule has 100 valence electrons. The predicted octanol–water partition coefficient (Wildman–Crippen LogP) is 3.47. The lowest BCUT2D eigenvalue weighted by Gasteiger charge is -2.08. The Morgan fingerprint density at radius 3 is 2.95 bits per heavy atom. The maximum atomic E-state index is 10.3. The van der Waals surface area contributed by atoms with Crippen molar-refractivity contribution >= 4 is 11.3 Å². The van der Waals surface area contributed by atoms with Crippen LogP contribution in [0.1, 0.15) is 46.0 Å². The third-order valence-electron chi connectivity index (χ3n) is 3.79. The largest absolute Gasteiger partial charge is 0.387 e. The third-order valence-corrected chi connectivity index (χ3v) is 5.13. The van der Waals surface area contributed by atoms with Crippen molar-refractivity contribution in [2.75, 3.05) is 0 Å². The van der Waals surface area contributed by atoms with Crippen LogP contribution in [0, 0.1) is 0 Å². The summed E-state index contributed by atoms with van der Waals surface area (Å²) in [4.78, 5) is 7.00. The maximum Gasteiger partial charge on any atom is 0.0937 e. The van der Waals surface area contributed by atoms with E-state index in [1.165, 1.54) is 35.3 Å². The predicted molar refractivity (Wildman–Crippen MR) is 78.6 cm³/mol. The van der Waals surface area contributed by atoms with Gasteiger partial charge in [0.1, 0.15) is 0 Å². The van der Waals surface area contributed by atoms with Gasteiger partial charge in [0.15, 0.2) is 0 Å². The molecule has 1 N–H and O–H groups in total. The van der Waals surface area contributed by atoms with Crippen LogP contribution in [0.4, 0.5) is 0 Å². The minimum atomic E-state index is -0.407. The van der Waals surface area contributed by atoms with Gasteiger partial charge in [0.05, 0.1) is 6.10 Å². The van der Waals surface area contributed by atoms with E-state index in [0.29, 0.717) is 6.42 Å². The van der Waals surface area contributed by atoms with E-state index in [4.69, 9.17) is 0 Å². The SMILES string of the molecule is CCc1ccc(CC(O)c2cc3c(s2)CCC3)nc1. The number of aliphatic hydroxyl groups is 1. The number of aliphatic hydroxyl groups excluding tert-OH is 1. The van der Waals surface area contributed by atoms with Gasteiger partial charge >= 0.3 is 0 Å². The van der Waals surface area contributed by atoms with Crippen molar-refractivity contribution < 1.29 is 5.11 Å². The first-order valence-corrected chi connectivity index (χ1v) is 7.81. The van der Waals surface area contributed by atoms with Crippen LogP contribution in [0.2, 0.25) is 0 Å². The second-order valence-corrected chi connectivity index (χ2v) is 6.35. The van der Waals surface area contributed by atoms with Crippen LogP contribution in [0.3, 0.4) is 0 Å². The third kappa shape index (κ3) is 2.72. The molecule has 2 aromatic heterocycles. The summed E-state index contributed by atoms with van der Waals surface area (Å²) in [5.41, 5.74) is 3.67. The highest BCUT2D eigenvalue weighted by atomic mass is 32.1. The molecule has 2 aromatic rings. The summed E-state index contributed by atoms with van der Waals surface area (Å²) in [6.45, 7) is 2.12. The van der Waals surface area contributed by atoms with Crippen molar-refractivity contribution in [3.63, 3.8) is 0 Å². The topological polar surface area (TPSA) is 33.1 Å². The second-order valence-electron chi connectivity index (χ2n) is 5.18. The van der Waals surface area contributed by atoms with Crippen molar-refractivity contribution in [3.05, 3.63) is 51.0 Å². The summed E-state index contributed by atoms with van der Waals surface area (Å²) in [6.07, 6.45) is 6.78. The highest BCUT2D eigenvalue weighted by Crippen LogP contribution is 2.34. The highest BCUT2D eigenvalue weighted by molar-refractivity contribution is 7.12. The number of aromatic nitrogens is 1. The molecular formula is C16H19NOS. The Morgan fingerprint density at radius 1 is 1.37 bits per heavy atom. The minimum Gasteiger partial charge on any atom is -0.387 e. The first-order chi connectivity index (χ1) is 9.26. The summed E-state index contributed by atoms with van der Waals surface area (Å²) in [7, 11) is 0. The Labute approximate surface area is 118 Å². The molecule has 0 saturated carbocycles. The van der Waals surface area contributed by atoms with Crippen molar-refractivity contribution in [2.24, 2.45) is 0 Å². The molecule has 0 bridgehead atoms. The van der Waals surface area contributed by atoms with Gasteiger partial charge < -0.3 is 5.11 Å². The van der Waals surface area contributed by atoms with Gasteiger partial charge in [0.25, 0.3) is 0 Å². The van der Waals surface area contributed by atoms with E-state index in [2.05, 4.69) is 24.0 Å². The van der Waals surface area contributed by atoms with E-state index in [0.717, 1.165) is 17.0 Å². The number of aryl methyl sites for hydroxylation is 3. The van der Waals surface area contributed by atoms with Crippen molar-refractivity contribution in [2.45, 2.75) is 45.1 Å². The molecule has 1 aliphatic carbocycles. The number of fused-ring (bicyclic) bond motifs is 1. The normalized spacial score (nSPS) is 15.5. The lowest BCUT2D eigenvalue weighted by Crippen LogP contribution is -2.02. The van der Waals surface area contributed by atoms with E-state index < -0.39 is 6.10 Å². The Balaban J connectivity index is 1.70. The van der Waals surface area contributed by atoms with Crippen LogP contribution in [-0.4, -0.2) is 10.1 Å².